The molecular weight excluding hydrogens is 309 g/mol. The minimum atomic E-state index is -0.380. The summed E-state index contributed by atoms with van der Waals surface area (Å²) in [7, 11) is 0. The number of allylic oxidation sites excluding steroid dienone is 1. The molecule has 0 saturated heterocycles. The van der Waals surface area contributed by atoms with Gasteiger partial charge in [0.05, 0.1) is 6.10 Å². The zero-order valence-corrected chi connectivity index (χ0v) is 14.4. The second kappa shape index (κ2) is 8.96. The molecular formula is C19H24FNOS. The Morgan fingerprint density at radius 1 is 1.22 bits per heavy atom. The Balaban J connectivity index is 2.03. The molecule has 2 aromatic rings. The van der Waals surface area contributed by atoms with E-state index in [9.17, 15) is 9.50 Å². The van der Waals surface area contributed by atoms with Crippen LogP contribution in [0.3, 0.4) is 0 Å². The highest BCUT2D eigenvalue weighted by molar-refractivity contribution is 7.11. The van der Waals surface area contributed by atoms with Gasteiger partial charge in [0.1, 0.15) is 5.82 Å². The summed E-state index contributed by atoms with van der Waals surface area (Å²) < 4.78 is 13.1. The molecule has 0 aliphatic heterocycles. The molecule has 1 heterocycles. The second-order valence-electron chi connectivity index (χ2n) is 5.83. The number of benzene rings is 1. The SMILES string of the molecule is C=CCC[C@@H](O)CN(Cc1ccc(F)cc1)Cc1ccc(C)s1. The largest absolute Gasteiger partial charge is 0.392 e. The first-order chi connectivity index (χ1) is 11.1. The normalized spacial score (nSPS) is 12.5. The Bertz CT molecular complexity index is 608. The number of nitrogens with zero attached hydrogens (tertiary/aromatic N) is 1. The monoisotopic (exact) mass is 333 g/mol. The number of hydrogen-bond acceptors (Lipinski definition) is 3. The average molecular weight is 333 g/mol. The van der Waals surface area contributed by atoms with Gasteiger partial charge in [0.15, 0.2) is 0 Å². The molecule has 124 valence electrons. The molecule has 1 N–H and O–H groups in total. The van der Waals surface area contributed by atoms with E-state index in [1.807, 2.05) is 6.08 Å². The second-order valence-corrected chi connectivity index (χ2v) is 7.20. The van der Waals surface area contributed by atoms with Crippen molar-refractivity contribution >= 4 is 11.3 Å². The van der Waals surface area contributed by atoms with Crippen LogP contribution in [0.25, 0.3) is 0 Å². The van der Waals surface area contributed by atoms with Gasteiger partial charge in [-0.3, -0.25) is 4.90 Å². The molecule has 1 atom stereocenters. The molecule has 0 amide bonds. The maximum Gasteiger partial charge on any atom is 0.123 e. The van der Waals surface area contributed by atoms with Crippen LogP contribution in [0, 0.1) is 12.7 Å². The summed E-state index contributed by atoms with van der Waals surface area (Å²) in [6.45, 7) is 7.88. The van der Waals surface area contributed by atoms with Crippen molar-refractivity contribution in [1.29, 1.82) is 0 Å². The van der Waals surface area contributed by atoms with E-state index < -0.39 is 0 Å². The van der Waals surface area contributed by atoms with Gasteiger partial charge < -0.3 is 5.11 Å². The molecule has 23 heavy (non-hydrogen) atoms. The van der Waals surface area contributed by atoms with Crippen LogP contribution in [-0.4, -0.2) is 22.7 Å². The fraction of sp³-hybridized carbons (Fsp3) is 0.368. The summed E-state index contributed by atoms with van der Waals surface area (Å²) in [5.74, 6) is -0.222. The zero-order chi connectivity index (χ0) is 16.7. The van der Waals surface area contributed by atoms with Crippen molar-refractivity contribution in [3.8, 4) is 0 Å². The van der Waals surface area contributed by atoms with Crippen molar-refractivity contribution < 1.29 is 9.50 Å². The van der Waals surface area contributed by atoms with E-state index in [4.69, 9.17) is 0 Å². The van der Waals surface area contributed by atoms with Gasteiger partial charge in [0.2, 0.25) is 0 Å². The summed E-state index contributed by atoms with van der Waals surface area (Å²) in [4.78, 5) is 4.78. The van der Waals surface area contributed by atoms with Crippen molar-refractivity contribution in [2.24, 2.45) is 0 Å². The first-order valence-electron chi connectivity index (χ1n) is 7.88. The van der Waals surface area contributed by atoms with E-state index in [1.165, 1.54) is 21.9 Å². The number of aryl methyl sites for hydroxylation is 1. The van der Waals surface area contributed by atoms with Crippen molar-refractivity contribution in [1.82, 2.24) is 4.90 Å². The number of halogens is 1. The lowest BCUT2D eigenvalue weighted by Crippen LogP contribution is -2.31. The minimum Gasteiger partial charge on any atom is -0.392 e. The highest BCUT2D eigenvalue weighted by Gasteiger charge is 2.13. The van der Waals surface area contributed by atoms with Crippen LogP contribution >= 0.6 is 11.3 Å². The van der Waals surface area contributed by atoms with Crippen LogP contribution < -0.4 is 0 Å². The maximum atomic E-state index is 13.1. The quantitative estimate of drug-likeness (QED) is 0.682. The fourth-order valence-electron chi connectivity index (χ4n) is 2.52. The molecule has 0 radical (unpaired) electrons. The molecule has 1 aromatic heterocycles. The summed E-state index contributed by atoms with van der Waals surface area (Å²) in [6, 6.07) is 10.8. The topological polar surface area (TPSA) is 23.5 Å². The van der Waals surface area contributed by atoms with Crippen molar-refractivity contribution in [2.45, 2.75) is 39.0 Å². The van der Waals surface area contributed by atoms with Crippen LogP contribution in [0.4, 0.5) is 4.39 Å². The van der Waals surface area contributed by atoms with Gasteiger partial charge in [-0.2, -0.15) is 0 Å². The van der Waals surface area contributed by atoms with Gasteiger partial charge in [0.25, 0.3) is 0 Å². The van der Waals surface area contributed by atoms with E-state index in [0.29, 0.717) is 19.5 Å². The highest BCUT2D eigenvalue weighted by Crippen LogP contribution is 2.19. The van der Waals surface area contributed by atoms with Crippen LogP contribution in [0.15, 0.2) is 49.1 Å². The fourth-order valence-corrected chi connectivity index (χ4v) is 3.46. The minimum absolute atomic E-state index is 0.222. The standard InChI is InChI=1S/C19H24FNOS/c1-3-4-5-18(22)13-21(14-19-11-6-15(2)23-19)12-16-7-9-17(20)10-8-16/h3,6-11,18,22H,1,4-5,12-14H2,2H3/t18-/m1/s1. The van der Waals surface area contributed by atoms with Crippen LogP contribution in [0.2, 0.25) is 0 Å². The van der Waals surface area contributed by atoms with E-state index in [2.05, 4.69) is 30.5 Å². The first kappa shape index (κ1) is 17.9. The number of hydrogen-bond donors (Lipinski definition) is 1. The van der Waals surface area contributed by atoms with Gasteiger partial charge in [-0.25, -0.2) is 4.39 Å². The van der Waals surface area contributed by atoms with Gasteiger partial charge in [-0.05, 0) is 49.6 Å². The number of aliphatic hydroxyl groups excluding tert-OH is 1. The smallest absolute Gasteiger partial charge is 0.123 e. The number of thiophene rings is 1. The molecule has 0 aliphatic carbocycles. The molecule has 0 fully saturated rings. The molecule has 2 nitrogen and oxygen atoms in total. The van der Waals surface area contributed by atoms with Crippen molar-refractivity contribution in [2.75, 3.05) is 6.54 Å². The summed E-state index contributed by atoms with van der Waals surface area (Å²) >= 11 is 1.77. The van der Waals surface area contributed by atoms with Gasteiger partial charge in [0, 0.05) is 29.4 Å². The molecule has 2 rings (SSSR count). The Morgan fingerprint density at radius 2 is 1.96 bits per heavy atom. The molecule has 0 bridgehead atoms. The molecule has 0 unspecified atom stereocenters. The molecule has 0 spiro atoms. The lowest BCUT2D eigenvalue weighted by atomic mass is 10.1. The van der Waals surface area contributed by atoms with Crippen LogP contribution in [0.5, 0.6) is 0 Å². The van der Waals surface area contributed by atoms with E-state index in [1.54, 1.807) is 23.5 Å². The van der Waals surface area contributed by atoms with Gasteiger partial charge >= 0.3 is 0 Å². The summed E-state index contributed by atoms with van der Waals surface area (Å²) in [5.41, 5.74) is 1.05. The van der Waals surface area contributed by atoms with Gasteiger partial charge in [-0.15, -0.1) is 17.9 Å². The Morgan fingerprint density at radius 3 is 2.57 bits per heavy atom. The third kappa shape index (κ3) is 6.26. The third-order valence-electron chi connectivity index (χ3n) is 3.67. The lowest BCUT2D eigenvalue weighted by Gasteiger charge is -2.24. The van der Waals surface area contributed by atoms with Crippen LogP contribution in [0.1, 0.15) is 28.2 Å². The average Bonchev–Trinajstić information content (AvgIpc) is 2.92. The predicted octanol–water partition coefficient (Wildman–Crippen LogP) is 4.52. The zero-order valence-electron chi connectivity index (χ0n) is 13.5. The number of aliphatic hydroxyl groups is 1. The summed E-state index contributed by atoms with van der Waals surface area (Å²) in [6.07, 6.45) is 2.97. The maximum absolute atomic E-state index is 13.1. The van der Waals surface area contributed by atoms with Gasteiger partial charge in [-0.1, -0.05) is 18.2 Å². The molecule has 1 aromatic carbocycles. The van der Waals surface area contributed by atoms with Crippen molar-refractivity contribution in [3.05, 3.63) is 70.2 Å². The lowest BCUT2D eigenvalue weighted by molar-refractivity contribution is 0.0989. The Labute approximate surface area is 141 Å². The van der Waals surface area contributed by atoms with E-state index in [-0.39, 0.29) is 11.9 Å². The molecule has 4 heteroatoms. The number of rotatable bonds is 9. The molecule has 0 saturated carbocycles. The summed E-state index contributed by atoms with van der Waals surface area (Å²) in [5, 5.41) is 10.2. The first-order valence-corrected chi connectivity index (χ1v) is 8.69. The predicted molar refractivity (Wildman–Crippen MR) is 95.0 cm³/mol. The van der Waals surface area contributed by atoms with E-state index in [0.717, 1.165) is 18.5 Å². The van der Waals surface area contributed by atoms with Crippen LogP contribution in [-0.2, 0) is 13.1 Å². The van der Waals surface area contributed by atoms with Crippen molar-refractivity contribution in [3.63, 3.8) is 0 Å². The Hall–Kier alpha value is -1.49. The van der Waals surface area contributed by atoms with E-state index >= 15 is 0 Å². The Kier molecular flexibility index (Phi) is 6.96. The third-order valence-corrected chi connectivity index (χ3v) is 4.65. The molecule has 0 aliphatic rings. The highest BCUT2D eigenvalue weighted by atomic mass is 32.1.